The zero-order chi connectivity index (χ0) is 15.1. The zero-order valence-corrected chi connectivity index (χ0v) is 12.1. The van der Waals surface area contributed by atoms with Gasteiger partial charge in [0.25, 0.3) is 0 Å². The van der Waals surface area contributed by atoms with Crippen LogP contribution in [0, 0.1) is 13.8 Å². The summed E-state index contributed by atoms with van der Waals surface area (Å²) >= 11 is 0. The monoisotopic (exact) mass is 279 g/mol. The standard InChI is InChI=1S/C15H21NO4/c1-10-4-5-13(8-11(10)2)20-7-6-14(17)16-12(3)9-15(18)19/h4-5,8,12H,6-7,9H2,1-3H3,(H,16,17)(H,18,19). The average molecular weight is 279 g/mol. The molecule has 0 saturated heterocycles. The van der Waals surface area contributed by atoms with Crippen molar-refractivity contribution in [3.63, 3.8) is 0 Å². The number of hydrogen-bond donors (Lipinski definition) is 2. The highest BCUT2D eigenvalue weighted by molar-refractivity contribution is 5.77. The second kappa shape index (κ2) is 7.53. The number of ether oxygens (including phenoxy) is 1. The van der Waals surface area contributed by atoms with E-state index in [9.17, 15) is 9.59 Å². The van der Waals surface area contributed by atoms with Gasteiger partial charge in [0.05, 0.1) is 19.4 Å². The molecule has 1 aromatic carbocycles. The third kappa shape index (κ3) is 5.73. The van der Waals surface area contributed by atoms with Gasteiger partial charge in [0.1, 0.15) is 5.75 Å². The summed E-state index contributed by atoms with van der Waals surface area (Å²) in [5, 5.41) is 11.2. The second-order valence-corrected chi connectivity index (χ2v) is 4.91. The fourth-order valence-corrected chi connectivity index (χ4v) is 1.73. The quantitative estimate of drug-likeness (QED) is 0.801. The van der Waals surface area contributed by atoms with E-state index < -0.39 is 5.97 Å². The molecule has 0 saturated carbocycles. The SMILES string of the molecule is Cc1ccc(OCCC(=O)NC(C)CC(=O)O)cc1C. The fraction of sp³-hybridized carbons (Fsp3) is 0.467. The number of rotatable bonds is 7. The Hall–Kier alpha value is -2.04. The maximum atomic E-state index is 11.6. The van der Waals surface area contributed by atoms with Crippen LogP contribution in [0.1, 0.15) is 30.9 Å². The highest BCUT2D eigenvalue weighted by atomic mass is 16.5. The van der Waals surface area contributed by atoms with Crippen LogP contribution in [0.2, 0.25) is 0 Å². The molecule has 0 aliphatic rings. The topological polar surface area (TPSA) is 75.6 Å². The van der Waals surface area contributed by atoms with Gasteiger partial charge in [0, 0.05) is 6.04 Å². The van der Waals surface area contributed by atoms with Crippen LogP contribution in [0.25, 0.3) is 0 Å². The third-order valence-electron chi connectivity index (χ3n) is 2.96. The Morgan fingerprint density at radius 2 is 2.00 bits per heavy atom. The predicted octanol–water partition coefficient (Wildman–Crippen LogP) is 2.05. The largest absolute Gasteiger partial charge is 0.493 e. The van der Waals surface area contributed by atoms with E-state index in [1.807, 2.05) is 32.0 Å². The van der Waals surface area contributed by atoms with Crippen LogP contribution in [0.5, 0.6) is 5.75 Å². The highest BCUT2D eigenvalue weighted by Gasteiger charge is 2.10. The summed E-state index contributed by atoms with van der Waals surface area (Å²) in [5.74, 6) is -0.397. The maximum absolute atomic E-state index is 11.6. The summed E-state index contributed by atoms with van der Waals surface area (Å²) in [4.78, 5) is 22.0. The van der Waals surface area contributed by atoms with Crippen LogP contribution in [0.3, 0.4) is 0 Å². The van der Waals surface area contributed by atoms with Crippen molar-refractivity contribution in [2.24, 2.45) is 0 Å². The Morgan fingerprint density at radius 3 is 2.60 bits per heavy atom. The lowest BCUT2D eigenvalue weighted by Gasteiger charge is -2.12. The zero-order valence-electron chi connectivity index (χ0n) is 12.1. The number of nitrogens with one attached hydrogen (secondary N) is 1. The van der Waals surface area contributed by atoms with Crippen molar-refractivity contribution < 1.29 is 19.4 Å². The lowest BCUT2D eigenvalue weighted by atomic mass is 10.1. The van der Waals surface area contributed by atoms with Crippen LogP contribution in [0.4, 0.5) is 0 Å². The van der Waals surface area contributed by atoms with Gasteiger partial charge in [0.15, 0.2) is 0 Å². The van der Waals surface area contributed by atoms with Gasteiger partial charge < -0.3 is 15.2 Å². The first-order chi connectivity index (χ1) is 9.38. The minimum absolute atomic E-state index is 0.0796. The maximum Gasteiger partial charge on any atom is 0.305 e. The van der Waals surface area contributed by atoms with Crippen LogP contribution in [-0.4, -0.2) is 29.6 Å². The molecule has 0 aliphatic carbocycles. The highest BCUT2D eigenvalue weighted by Crippen LogP contribution is 2.16. The first-order valence-corrected chi connectivity index (χ1v) is 6.59. The van der Waals surface area contributed by atoms with Crippen molar-refractivity contribution in [2.45, 2.75) is 39.7 Å². The molecule has 0 bridgehead atoms. The molecule has 1 atom stereocenters. The Morgan fingerprint density at radius 1 is 1.30 bits per heavy atom. The van der Waals surface area contributed by atoms with E-state index in [1.165, 1.54) is 5.56 Å². The van der Waals surface area contributed by atoms with Gasteiger partial charge in [-0.2, -0.15) is 0 Å². The Balaban J connectivity index is 2.31. The van der Waals surface area contributed by atoms with Crippen molar-refractivity contribution >= 4 is 11.9 Å². The number of hydrogen-bond acceptors (Lipinski definition) is 3. The molecule has 110 valence electrons. The first-order valence-electron chi connectivity index (χ1n) is 6.59. The van der Waals surface area contributed by atoms with Gasteiger partial charge in [-0.15, -0.1) is 0 Å². The van der Waals surface area contributed by atoms with Gasteiger partial charge in [-0.05, 0) is 44.0 Å². The number of carbonyl (C=O) groups is 2. The van der Waals surface area contributed by atoms with Gasteiger partial charge >= 0.3 is 5.97 Å². The van der Waals surface area contributed by atoms with Crippen molar-refractivity contribution in [3.8, 4) is 5.75 Å². The van der Waals surface area contributed by atoms with Crippen LogP contribution in [-0.2, 0) is 9.59 Å². The number of aryl methyl sites for hydroxylation is 2. The van der Waals surface area contributed by atoms with E-state index in [2.05, 4.69) is 5.32 Å². The van der Waals surface area contributed by atoms with Crippen LogP contribution < -0.4 is 10.1 Å². The van der Waals surface area contributed by atoms with Gasteiger partial charge in [0.2, 0.25) is 5.91 Å². The summed E-state index contributed by atoms with van der Waals surface area (Å²) in [7, 11) is 0. The van der Waals surface area contributed by atoms with Crippen LogP contribution in [0.15, 0.2) is 18.2 Å². The van der Waals surface area contributed by atoms with Crippen molar-refractivity contribution in [2.75, 3.05) is 6.61 Å². The molecule has 1 unspecified atom stereocenters. The summed E-state index contributed by atoms with van der Waals surface area (Å²) in [5.41, 5.74) is 2.33. The number of amides is 1. The molecule has 1 amide bonds. The predicted molar refractivity (Wildman–Crippen MR) is 75.9 cm³/mol. The molecule has 1 rings (SSSR count). The van der Waals surface area contributed by atoms with Crippen LogP contribution >= 0.6 is 0 Å². The van der Waals surface area contributed by atoms with Gasteiger partial charge in [-0.25, -0.2) is 0 Å². The normalized spacial score (nSPS) is 11.8. The smallest absolute Gasteiger partial charge is 0.305 e. The summed E-state index contributed by atoms with van der Waals surface area (Å²) in [6.07, 6.45) is 0.126. The van der Waals surface area contributed by atoms with E-state index in [-0.39, 0.29) is 31.4 Å². The van der Waals surface area contributed by atoms with Gasteiger partial charge in [-0.3, -0.25) is 9.59 Å². The second-order valence-electron chi connectivity index (χ2n) is 4.91. The van der Waals surface area contributed by atoms with E-state index in [0.717, 1.165) is 11.3 Å². The molecule has 0 fully saturated rings. The lowest BCUT2D eigenvalue weighted by Crippen LogP contribution is -2.34. The molecule has 5 nitrogen and oxygen atoms in total. The number of aliphatic carboxylic acids is 1. The Kier molecular flexibility index (Phi) is 6.03. The minimum Gasteiger partial charge on any atom is -0.493 e. The number of carbonyl (C=O) groups excluding carboxylic acids is 1. The van der Waals surface area contributed by atoms with Crippen molar-refractivity contribution in [1.82, 2.24) is 5.32 Å². The van der Waals surface area contributed by atoms with Crippen molar-refractivity contribution in [1.29, 1.82) is 0 Å². The Bertz CT molecular complexity index is 485. The molecule has 20 heavy (non-hydrogen) atoms. The average Bonchev–Trinajstić information content (AvgIpc) is 2.32. The molecule has 0 spiro atoms. The molecular formula is C15H21NO4. The van der Waals surface area contributed by atoms with Gasteiger partial charge in [-0.1, -0.05) is 6.07 Å². The third-order valence-corrected chi connectivity index (χ3v) is 2.96. The lowest BCUT2D eigenvalue weighted by molar-refractivity contribution is -0.137. The molecular weight excluding hydrogens is 258 g/mol. The summed E-state index contributed by atoms with van der Waals surface area (Å²) in [6.45, 7) is 5.96. The van der Waals surface area contributed by atoms with E-state index >= 15 is 0 Å². The fourth-order valence-electron chi connectivity index (χ4n) is 1.73. The summed E-state index contributed by atoms with van der Waals surface area (Å²) < 4.78 is 5.50. The molecule has 5 heteroatoms. The first kappa shape index (κ1) is 16.0. The number of carboxylic acids is 1. The summed E-state index contributed by atoms with van der Waals surface area (Å²) in [6, 6.07) is 5.40. The number of carboxylic acid groups (broad SMARTS) is 1. The number of benzene rings is 1. The molecule has 0 radical (unpaired) electrons. The molecule has 0 aromatic heterocycles. The van der Waals surface area contributed by atoms with Crippen molar-refractivity contribution in [3.05, 3.63) is 29.3 Å². The molecule has 0 heterocycles. The minimum atomic E-state index is -0.927. The Labute approximate surface area is 118 Å². The van der Waals surface area contributed by atoms with E-state index in [4.69, 9.17) is 9.84 Å². The van der Waals surface area contributed by atoms with E-state index in [1.54, 1.807) is 6.92 Å². The van der Waals surface area contributed by atoms with E-state index in [0.29, 0.717) is 0 Å². The molecule has 0 aliphatic heterocycles. The molecule has 2 N–H and O–H groups in total. The molecule has 1 aromatic rings.